The van der Waals surface area contributed by atoms with Crippen LogP contribution in [0.1, 0.15) is 56.9 Å². The molecule has 3 heterocycles. The normalized spacial score (nSPS) is 17.6. The van der Waals surface area contributed by atoms with Crippen molar-refractivity contribution in [3.05, 3.63) is 70.7 Å². The Morgan fingerprint density at radius 3 is 2.75 bits per heavy atom. The van der Waals surface area contributed by atoms with Gasteiger partial charge in [0.25, 0.3) is 11.8 Å². The Morgan fingerprint density at radius 2 is 2.08 bits per heavy atom. The van der Waals surface area contributed by atoms with Gasteiger partial charge in [-0.2, -0.15) is 18.3 Å². The van der Waals surface area contributed by atoms with Crippen molar-refractivity contribution < 1.29 is 32.6 Å². The third-order valence-electron chi connectivity index (χ3n) is 7.29. The molecule has 2 amide bonds. The minimum atomic E-state index is -4.43. The minimum Gasteiger partial charge on any atom is -0.484 e. The smallest absolute Gasteiger partial charge is 0.422 e. The summed E-state index contributed by atoms with van der Waals surface area (Å²) in [5, 5.41) is 20.1. The SMILES string of the molecule is Cc1ccc(-n2nc3c(c2C(=O)NCC2(CO)CC2)C(=O)N[C@@H](CCc2cccc(OCC(F)(F)F)c2)C3)nc1. The third-order valence-corrected chi connectivity index (χ3v) is 7.29. The molecular formula is C28H30F3N5O4. The van der Waals surface area contributed by atoms with E-state index in [1.807, 2.05) is 13.0 Å². The maximum absolute atomic E-state index is 13.4. The molecule has 1 aliphatic carbocycles. The zero-order valence-corrected chi connectivity index (χ0v) is 21.9. The van der Waals surface area contributed by atoms with Crippen LogP contribution in [-0.4, -0.2) is 63.7 Å². The van der Waals surface area contributed by atoms with E-state index in [4.69, 9.17) is 4.74 Å². The number of nitrogens with zero attached hydrogens (tertiary/aromatic N) is 3. The van der Waals surface area contributed by atoms with Crippen LogP contribution in [0, 0.1) is 12.3 Å². The van der Waals surface area contributed by atoms with E-state index in [1.54, 1.807) is 30.5 Å². The van der Waals surface area contributed by atoms with E-state index >= 15 is 0 Å². The number of hydrogen-bond donors (Lipinski definition) is 3. The fourth-order valence-corrected chi connectivity index (χ4v) is 4.74. The van der Waals surface area contributed by atoms with Crippen molar-refractivity contribution in [3.63, 3.8) is 0 Å². The molecule has 2 aromatic heterocycles. The average molecular weight is 558 g/mol. The van der Waals surface area contributed by atoms with Gasteiger partial charge in [0, 0.05) is 30.6 Å². The van der Waals surface area contributed by atoms with Crippen molar-refractivity contribution in [1.29, 1.82) is 0 Å². The first-order chi connectivity index (χ1) is 19.1. The number of ether oxygens (including phenoxy) is 1. The lowest BCUT2D eigenvalue weighted by Crippen LogP contribution is -2.42. The molecule has 1 saturated carbocycles. The molecule has 5 rings (SSSR count). The van der Waals surface area contributed by atoms with Crippen LogP contribution in [0.25, 0.3) is 5.82 Å². The lowest BCUT2D eigenvalue weighted by atomic mass is 9.95. The zero-order valence-electron chi connectivity index (χ0n) is 21.9. The number of hydrogen-bond acceptors (Lipinski definition) is 6. The van der Waals surface area contributed by atoms with Crippen molar-refractivity contribution >= 4 is 11.8 Å². The zero-order chi connectivity index (χ0) is 28.5. The monoisotopic (exact) mass is 557 g/mol. The molecule has 0 saturated heterocycles. The second-order valence-electron chi connectivity index (χ2n) is 10.6. The molecule has 3 N–H and O–H groups in total. The standard InChI is InChI=1S/C28H30F3N5O4/c1-17-5-8-22(32-13-17)36-24(26(39)33-14-27(15-37)9-10-27)23-21(35-36)12-19(34-25(23)38)7-6-18-3-2-4-20(11-18)40-16-28(29,30)31/h2-5,8,11,13,19,37H,6-7,9-10,12,14-16H2,1H3,(H,33,39)(H,34,38)/t19-/m0/s1. The van der Waals surface area contributed by atoms with Gasteiger partial charge in [-0.25, -0.2) is 9.67 Å². The Labute approximate surface area is 228 Å². The Hall–Kier alpha value is -3.93. The number of halogens is 3. The van der Waals surface area contributed by atoms with Crippen LogP contribution in [0.15, 0.2) is 42.6 Å². The van der Waals surface area contributed by atoms with Gasteiger partial charge < -0.3 is 20.5 Å². The topological polar surface area (TPSA) is 118 Å². The summed E-state index contributed by atoms with van der Waals surface area (Å²) < 4.78 is 43.7. The van der Waals surface area contributed by atoms with Crippen molar-refractivity contribution in [3.8, 4) is 11.6 Å². The number of amides is 2. The number of benzene rings is 1. The number of aryl methyl sites for hydroxylation is 2. The highest BCUT2D eigenvalue weighted by molar-refractivity contribution is 6.08. The number of rotatable bonds is 10. The van der Waals surface area contributed by atoms with Gasteiger partial charge >= 0.3 is 6.18 Å². The van der Waals surface area contributed by atoms with Gasteiger partial charge in [-0.3, -0.25) is 9.59 Å². The maximum atomic E-state index is 13.4. The second kappa shape index (κ2) is 10.9. The van der Waals surface area contributed by atoms with Crippen LogP contribution in [0.2, 0.25) is 0 Å². The molecule has 2 aliphatic rings. The van der Waals surface area contributed by atoms with E-state index < -0.39 is 24.6 Å². The summed E-state index contributed by atoms with van der Waals surface area (Å²) >= 11 is 0. The Balaban J connectivity index is 1.34. The fourth-order valence-electron chi connectivity index (χ4n) is 4.74. The second-order valence-corrected chi connectivity index (χ2v) is 10.6. The number of pyridine rings is 1. The number of fused-ring (bicyclic) bond motifs is 1. The van der Waals surface area contributed by atoms with Crippen LogP contribution >= 0.6 is 0 Å². The maximum Gasteiger partial charge on any atom is 0.422 e. The van der Waals surface area contributed by atoms with Gasteiger partial charge in [0.05, 0.1) is 17.9 Å². The van der Waals surface area contributed by atoms with E-state index in [2.05, 4.69) is 20.7 Å². The molecule has 0 spiro atoms. The first-order valence-electron chi connectivity index (χ1n) is 13.1. The first-order valence-corrected chi connectivity index (χ1v) is 13.1. The minimum absolute atomic E-state index is 0.0241. The van der Waals surface area contributed by atoms with Gasteiger partial charge in [-0.1, -0.05) is 18.2 Å². The van der Waals surface area contributed by atoms with Crippen LogP contribution in [0.4, 0.5) is 13.2 Å². The molecule has 40 heavy (non-hydrogen) atoms. The molecule has 0 radical (unpaired) electrons. The largest absolute Gasteiger partial charge is 0.484 e. The van der Waals surface area contributed by atoms with E-state index in [9.17, 15) is 27.9 Å². The molecule has 1 atom stereocenters. The van der Waals surface area contributed by atoms with Crippen LogP contribution < -0.4 is 15.4 Å². The predicted molar refractivity (Wildman–Crippen MR) is 138 cm³/mol. The summed E-state index contributed by atoms with van der Waals surface area (Å²) in [6.45, 7) is 0.787. The number of aliphatic hydroxyl groups excluding tert-OH is 1. The van der Waals surface area contributed by atoms with E-state index in [-0.39, 0.29) is 35.1 Å². The van der Waals surface area contributed by atoms with E-state index in [1.165, 1.54) is 10.7 Å². The summed E-state index contributed by atoms with van der Waals surface area (Å²) in [4.78, 5) is 31.1. The third kappa shape index (κ3) is 6.27. The molecule has 1 aromatic carbocycles. The van der Waals surface area contributed by atoms with Gasteiger partial charge in [-0.05, 0) is 61.9 Å². The molecule has 1 fully saturated rings. The summed E-state index contributed by atoms with van der Waals surface area (Å²) in [6.07, 6.45) is 0.222. The van der Waals surface area contributed by atoms with Crippen molar-refractivity contribution in [2.75, 3.05) is 19.8 Å². The van der Waals surface area contributed by atoms with Gasteiger partial charge in [0.1, 0.15) is 11.4 Å². The predicted octanol–water partition coefficient (Wildman–Crippen LogP) is 3.31. The van der Waals surface area contributed by atoms with Gasteiger partial charge in [0.15, 0.2) is 12.4 Å². The highest BCUT2D eigenvalue weighted by Crippen LogP contribution is 2.44. The molecule has 9 nitrogen and oxygen atoms in total. The Kier molecular flexibility index (Phi) is 7.54. The van der Waals surface area contributed by atoms with Crippen LogP contribution in [-0.2, 0) is 12.8 Å². The summed E-state index contributed by atoms with van der Waals surface area (Å²) in [5.74, 6) is -0.382. The van der Waals surface area contributed by atoms with Gasteiger partial charge in [0.2, 0.25) is 0 Å². The molecular weight excluding hydrogens is 527 g/mol. The van der Waals surface area contributed by atoms with Crippen LogP contribution in [0.3, 0.4) is 0 Å². The van der Waals surface area contributed by atoms with Crippen LogP contribution in [0.5, 0.6) is 5.75 Å². The number of alkyl halides is 3. The fraction of sp³-hybridized carbons (Fsp3) is 0.429. The molecule has 1 aliphatic heterocycles. The van der Waals surface area contributed by atoms with Crippen molar-refractivity contribution in [2.45, 2.75) is 51.2 Å². The van der Waals surface area contributed by atoms with Crippen molar-refractivity contribution in [1.82, 2.24) is 25.4 Å². The highest BCUT2D eigenvalue weighted by Gasteiger charge is 2.43. The van der Waals surface area contributed by atoms with E-state index in [0.717, 1.165) is 24.0 Å². The molecule has 3 aromatic rings. The number of nitrogens with one attached hydrogen (secondary N) is 2. The summed E-state index contributed by atoms with van der Waals surface area (Å²) in [6, 6.07) is 9.70. The molecule has 0 bridgehead atoms. The Bertz CT molecular complexity index is 1400. The number of aromatic nitrogens is 3. The number of carbonyl (C=O) groups excluding carboxylic acids is 2. The lowest BCUT2D eigenvalue weighted by Gasteiger charge is -2.23. The lowest BCUT2D eigenvalue weighted by molar-refractivity contribution is -0.153. The number of aliphatic hydroxyl groups is 1. The quantitative estimate of drug-likeness (QED) is 0.352. The highest BCUT2D eigenvalue weighted by atomic mass is 19.4. The summed E-state index contributed by atoms with van der Waals surface area (Å²) in [7, 11) is 0. The Morgan fingerprint density at radius 1 is 1.27 bits per heavy atom. The summed E-state index contributed by atoms with van der Waals surface area (Å²) in [5.41, 5.74) is 2.12. The van der Waals surface area contributed by atoms with E-state index in [0.29, 0.717) is 37.3 Å². The molecule has 212 valence electrons. The van der Waals surface area contributed by atoms with Crippen molar-refractivity contribution in [2.24, 2.45) is 5.41 Å². The molecule has 0 unspecified atom stereocenters. The van der Waals surface area contributed by atoms with Gasteiger partial charge in [-0.15, -0.1) is 0 Å². The average Bonchev–Trinajstić information content (AvgIpc) is 3.61. The first kappa shape index (κ1) is 27.6. The molecule has 12 heteroatoms. The number of carbonyl (C=O) groups is 2.